The number of hydrogen-bond donors (Lipinski definition) is 1. The summed E-state index contributed by atoms with van der Waals surface area (Å²) in [6.07, 6.45) is 4.82. The van der Waals surface area contributed by atoms with E-state index in [1.54, 1.807) is 6.92 Å². The SMILES string of the molecule is Cc1c(C(=O)O)sc2ncn(N3CCCCC3)c(=O)c12. The summed E-state index contributed by atoms with van der Waals surface area (Å²) in [5.74, 6) is -1.01. The highest BCUT2D eigenvalue weighted by molar-refractivity contribution is 7.20. The number of aromatic carboxylic acids is 1. The van der Waals surface area contributed by atoms with E-state index in [1.807, 2.05) is 5.01 Å². The molecule has 1 aliphatic heterocycles. The minimum atomic E-state index is -1.01. The predicted octanol–water partition coefficient (Wildman–Crippen LogP) is 1.59. The van der Waals surface area contributed by atoms with Crippen LogP contribution in [-0.2, 0) is 0 Å². The number of piperidine rings is 1. The Hall–Kier alpha value is -1.89. The molecule has 0 atom stereocenters. The fourth-order valence-corrected chi connectivity index (χ4v) is 3.59. The summed E-state index contributed by atoms with van der Waals surface area (Å²) in [5, 5.41) is 11.6. The number of fused-ring (bicyclic) bond motifs is 1. The number of hydrogen-bond acceptors (Lipinski definition) is 5. The fraction of sp³-hybridized carbons (Fsp3) is 0.462. The van der Waals surface area contributed by atoms with Gasteiger partial charge in [0.15, 0.2) is 0 Å². The van der Waals surface area contributed by atoms with Crippen molar-refractivity contribution in [1.82, 2.24) is 9.66 Å². The first-order chi connectivity index (χ1) is 9.59. The van der Waals surface area contributed by atoms with Gasteiger partial charge in [-0.1, -0.05) is 0 Å². The van der Waals surface area contributed by atoms with Gasteiger partial charge in [-0.05, 0) is 31.7 Å². The molecule has 106 valence electrons. The zero-order valence-corrected chi connectivity index (χ0v) is 11.9. The Balaban J connectivity index is 2.17. The van der Waals surface area contributed by atoms with Gasteiger partial charge < -0.3 is 10.1 Å². The number of thiophene rings is 1. The van der Waals surface area contributed by atoms with Crippen LogP contribution in [0.3, 0.4) is 0 Å². The lowest BCUT2D eigenvalue weighted by Gasteiger charge is -2.29. The highest BCUT2D eigenvalue weighted by Crippen LogP contribution is 2.26. The largest absolute Gasteiger partial charge is 0.477 e. The maximum atomic E-state index is 12.6. The Morgan fingerprint density at radius 2 is 2.05 bits per heavy atom. The molecular weight excluding hydrogens is 278 g/mol. The lowest BCUT2D eigenvalue weighted by molar-refractivity contribution is 0.0701. The molecule has 0 bridgehead atoms. The standard InChI is InChI=1S/C13H15N3O3S/c1-8-9-11(20-10(8)13(18)19)14-7-16(12(9)17)15-5-3-2-4-6-15/h7H,2-6H2,1H3,(H,18,19). The van der Waals surface area contributed by atoms with Crippen LogP contribution in [0, 0.1) is 6.92 Å². The Labute approximate surface area is 119 Å². The van der Waals surface area contributed by atoms with Gasteiger partial charge in [-0.25, -0.2) is 14.5 Å². The van der Waals surface area contributed by atoms with Gasteiger partial charge in [0.25, 0.3) is 5.56 Å². The third-order valence-electron chi connectivity index (χ3n) is 3.67. The van der Waals surface area contributed by atoms with E-state index in [4.69, 9.17) is 5.11 Å². The van der Waals surface area contributed by atoms with Gasteiger partial charge in [0.1, 0.15) is 16.0 Å². The predicted molar refractivity (Wildman–Crippen MR) is 77.4 cm³/mol. The molecule has 1 saturated heterocycles. The van der Waals surface area contributed by atoms with Crippen LogP contribution in [-0.4, -0.2) is 33.8 Å². The number of carboxylic acids is 1. The van der Waals surface area contributed by atoms with Crippen molar-refractivity contribution in [2.75, 3.05) is 18.1 Å². The van der Waals surface area contributed by atoms with Gasteiger partial charge in [-0.3, -0.25) is 4.79 Å². The molecule has 0 saturated carbocycles. The van der Waals surface area contributed by atoms with Crippen molar-refractivity contribution >= 4 is 27.5 Å². The Morgan fingerprint density at radius 3 is 2.70 bits per heavy atom. The molecule has 2 aromatic rings. The highest BCUT2D eigenvalue weighted by Gasteiger charge is 2.20. The third-order valence-corrected chi connectivity index (χ3v) is 4.85. The molecule has 1 N–H and O–H groups in total. The van der Waals surface area contributed by atoms with Crippen molar-refractivity contribution < 1.29 is 9.90 Å². The minimum Gasteiger partial charge on any atom is -0.477 e. The van der Waals surface area contributed by atoms with Crippen molar-refractivity contribution in [3.05, 3.63) is 27.1 Å². The number of aromatic nitrogens is 2. The summed E-state index contributed by atoms with van der Waals surface area (Å²) in [6, 6.07) is 0. The zero-order chi connectivity index (χ0) is 14.3. The topological polar surface area (TPSA) is 75.4 Å². The second-order valence-corrected chi connectivity index (χ2v) is 5.95. The van der Waals surface area contributed by atoms with Crippen molar-refractivity contribution in [2.24, 2.45) is 0 Å². The lowest BCUT2D eigenvalue weighted by atomic mass is 10.2. The molecule has 0 aromatic carbocycles. The van der Waals surface area contributed by atoms with Crippen molar-refractivity contribution in [2.45, 2.75) is 26.2 Å². The van der Waals surface area contributed by atoms with Crippen molar-refractivity contribution in [3.63, 3.8) is 0 Å². The van der Waals surface area contributed by atoms with Crippen LogP contribution >= 0.6 is 11.3 Å². The Bertz CT molecular complexity index is 728. The third kappa shape index (κ3) is 1.98. The fourth-order valence-electron chi connectivity index (χ4n) is 2.61. The monoisotopic (exact) mass is 293 g/mol. The van der Waals surface area contributed by atoms with Crippen LogP contribution in [0.15, 0.2) is 11.1 Å². The molecule has 0 spiro atoms. The average molecular weight is 293 g/mol. The molecule has 7 heteroatoms. The Kier molecular flexibility index (Phi) is 3.21. The molecule has 0 unspecified atom stereocenters. The number of nitrogens with zero attached hydrogens (tertiary/aromatic N) is 3. The lowest BCUT2D eigenvalue weighted by Crippen LogP contribution is -2.45. The van der Waals surface area contributed by atoms with Gasteiger partial charge in [-0.2, -0.15) is 0 Å². The van der Waals surface area contributed by atoms with E-state index in [0.29, 0.717) is 15.8 Å². The zero-order valence-electron chi connectivity index (χ0n) is 11.1. The van der Waals surface area contributed by atoms with Crippen LogP contribution in [0.2, 0.25) is 0 Å². The highest BCUT2D eigenvalue weighted by atomic mass is 32.1. The molecule has 1 fully saturated rings. The molecule has 3 rings (SSSR count). The number of carbonyl (C=O) groups is 1. The summed E-state index contributed by atoms with van der Waals surface area (Å²) >= 11 is 1.06. The molecule has 0 amide bonds. The van der Waals surface area contributed by atoms with E-state index in [9.17, 15) is 9.59 Å². The van der Waals surface area contributed by atoms with Crippen molar-refractivity contribution in [1.29, 1.82) is 0 Å². The van der Waals surface area contributed by atoms with Crippen LogP contribution in [0.25, 0.3) is 10.2 Å². The van der Waals surface area contributed by atoms with E-state index in [-0.39, 0.29) is 10.4 Å². The maximum Gasteiger partial charge on any atom is 0.346 e. The second-order valence-electron chi connectivity index (χ2n) is 4.95. The molecule has 6 nitrogen and oxygen atoms in total. The van der Waals surface area contributed by atoms with E-state index in [0.717, 1.165) is 37.3 Å². The molecule has 2 aromatic heterocycles. The van der Waals surface area contributed by atoms with Gasteiger partial charge in [0, 0.05) is 13.1 Å². The molecule has 0 radical (unpaired) electrons. The summed E-state index contributed by atoms with van der Waals surface area (Å²) in [5.41, 5.74) is 0.347. The van der Waals surface area contributed by atoms with Crippen LogP contribution in [0.4, 0.5) is 0 Å². The number of aryl methyl sites for hydroxylation is 1. The quantitative estimate of drug-likeness (QED) is 0.910. The number of carboxylic acid groups (broad SMARTS) is 1. The van der Waals surface area contributed by atoms with E-state index >= 15 is 0 Å². The molecule has 3 heterocycles. The van der Waals surface area contributed by atoms with Crippen LogP contribution < -0.4 is 10.6 Å². The first-order valence-electron chi connectivity index (χ1n) is 6.59. The summed E-state index contributed by atoms with van der Waals surface area (Å²) in [4.78, 5) is 28.7. The van der Waals surface area contributed by atoms with Crippen LogP contribution in [0.5, 0.6) is 0 Å². The van der Waals surface area contributed by atoms with Gasteiger partial charge in [0.2, 0.25) is 0 Å². The average Bonchev–Trinajstić information content (AvgIpc) is 2.78. The van der Waals surface area contributed by atoms with Gasteiger partial charge in [-0.15, -0.1) is 11.3 Å². The summed E-state index contributed by atoms with van der Waals surface area (Å²) in [6.45, 7) is 3.34. The normalized spacial score (nSPS) is 15.8. The molecule has 1 aliphatic rings. The first-order valence-corrected chi connectivity index (χ1v) is 7.40. The van der Waals surface area contributed by atoms with E-state index in [2.05, 4.69) is 4.98 Å². The number of rotatable bonds is 2. The molecule has 0 aliphatic carbocycles. The smallest absolute Gasteiger partial charge is 0.346 e. The maximum absolute atomic E-state index is 12.6. The molecule has 20 heavy (non-hydrogen) atoms. The van der Waals surface area contributed by atoms with Crippen LogP contribution in [0.1, 0.15) is 34.5 Å². The van der Waals surface area contributed by atoms with E-state index < -0.39 is 5.97 Å². The second kappa shape index (κ2) is 4.90. The Morgan fingerprint density at radius 1 is 1.35 bits per heavy atom. The van der Waals surface area contributed by atoms with Gasteiger partial charge >= 0.3 is 5.97 Å². The van der Waals surface area contributed by atoms with Crippen molar-refractivity contribution in [3.8, 4) is 0 Å². The minimum absolute atomic E-state index is 0.168. The summed E-state index contributed by atoms with van der Waals surface area (Å²) < 4.78 is 1.53. The first kappa shape index (κ1) is 13.1. The van der Waals surface area contributed by atoms with E-state index in [1.165, 1.54) is 17.4 Å². The summed E-state index contributed by atoms with van der Waals surface area (Å²) in [7, 11) is 0. The molecular formula is C13H15N3O3S. The van der Waals surface area contributed by atoms with Gasteiger partial charge in [0.05, 0.1) is 5.39 Å².